The molecule has 0 saturated heterocycles. The highest BCUT2D eigenvalue weighted by molar-refractivity contribution is 7.19. The van der Waals surface area contributed by atoms with Gasteiger partial charge in [0.15, 0.2) is 0 Å². The van der Waals surface area contributed by atoms with Gasteiger partial charge in [-0.05, 0) is 48.3 Å². The number of nitrogens with one attached hydrogen (secondary N) is 1. The fourth-order valence-corrected chi connectivity index (χ4v) is 5.78. The van der Waals surface area contributed by atoms with Crippen LogP contribution < -0.4 is 5.56 Å². The van der Waals surface area contributed by atoms with Crippen molar-refractivity contribution < 1.29 is 0 Å². The van der Waals surface area contributed by atoms with Gasteiger partial charge >= 0.3 is 0 Å². The zero-order valence-electron chi connectivity index (χ0n) is 17.4. The van der Waals surface area contributed by atoms with Gasteiger partial charge in [0.05, 0.1) is 23.0 Å². The quantitative estimate of drug-likeness (QED) is 0.529. The number of para-hydroxylation sites is 2. The van der Waals surface area contributed by atoms with Crippen LogP contribution in [0.4, 0.5) is 0 Å². The summed E-state index contributed by atoms with van der Waals surface area (Å²) in [5.74, 6) is 2.26. The molecule has 3 aromatic heterocycles. The number of aromatic nitrogens is 4. The monoisotopic (exact) mass is 406 g/mol. The van der Waals surface area contributed by atoms with Crippen LogP contribution in [0.1, 0.15) is 49.3 Å². The highest BCUT2D eigenvalue weighted by Gasteiger charge is 2.31. The third-order valence-electron chi connectivity index (χ3n) is 6.38. The van der Waals surface area contributed by atoms with E-state index in [1.54, 1.807) is 11.3 Å². The third kappa shape index (κ3) is 3.10. The Morgan fingerprint density at radius 1 is 1.24 bits per heavy atom. The lowest BCUT2D eigenvalue weighted by atomic mass is 9.72. The van der Waals surface area contributed by atoms with Crippen molar-refractivity contribution in [3.63, 3.8) is 0 Å². The molecule has 0 aliphatic heterocycles. The van der Waals surface area contributed by atoms with E-state index in [1.165, 1.54) is 10.4 Å². The van der Waals surface area contributed by atoms with Crippen LogP contribution in [0, 0.1) is 11.3 Å². The molecule has 0 unspecified atom stereocenters. The largest absolute Gasteiger partial charge is 0.331 e. The number of benzene rings is 1. The van der Waals surface area contributed by atoms with E-state index in [4.69, 9.17) is 9.97 Å². The van der Waals surface area contributed by atoms with Crippen molar-refractivity contribution in [3.05, 3.63) is 56.7 Å². The molecule has 0 spiro atoms. The van der Waals surface area contributed by atoms with Crippen molar-refractivity contribution in [2.24, 2.45) is 18.4 Å². The van der Waals surface area contributed by atoms with Gasteiger partial charge in [0.25, 0.3) is 5.56 Å². The first-order chi connectivity index (χ1) is 13.8. The molecule has 3 heterocycles. The number of imidazole rings is 1. The molecule has 0 radical (unpaired) electrons. The molecule has 0 bridgehead atoms. The second-order valence-corrected chi connectivity index (χ2v) is 10.4. The molecule has 6 heteroatoms. The van der Waals surface area contributed by atoms with Crippen LogP contribution in [0.15, 0.2) is 29.1 Å². The van der Waals surface area contributed by atoms with Crippen LogP contribution in [0.25, 0.3) is 21.3 Å². The van der Waals surface area contributed by atoms with Crippen LogP contribution in [-0.2, 0) is 26.3 Å². The minimum atomic E-state index is -0.0181. The van der Waals surface area contributed by atoms with Gasteiger partial charge in [0.1, 0.15) is 16.3 Å². The standard InChI is InChI=1S/C23H26N4OS/c1-23(2,3)13-9-10-14-17(11-13)29-21-20(14)25-18(26-22(21)28)12-19-24-15-7-5-6-8-16(15)27(19)4/h5-8,13H,9-12H2,1-4H3,(H,25,26,28)/t13-/m1/s1. The molecule has 5 rings (SSSR count). The molecule has 0 fully saturated rings. The molecule has 150 valence electrons. The summed E-state index contributed by atoms with van der Waals surface area (Å²) in [5, 5.41) is 0. The van der Waals surface area contributed by atoms with E-state index >= 15 is 0 Å². The van der Waals surface area contributed by atoms with E-state index in [9.17, 15) is 4.79 Å². The summed E-state index contributed by atoms with van der Waals surface area (Å²) in [7, 11) is 2.01. The second kappa shape index (κ2) is 6.52. The minimum Gasteiger partial charge on any atom is -0.331 e. The summed E-state index contributed by atoms with van der Waals surface area (Å²) in [4.78, 5) is 26.8. The normalized spacial score (nSPS) is 17.2. The van der Waals surface area contributed by atoms with Crippen molar-refractivity contribution in [1.29, 1.82) is 0 Å². The van der Waals surface area contributed by atoms with Gasteiger partial charge in [0.2, 0.25) is 0 Å². The maximum absolute atomic E-state index is 12.8. The smallest absolute Gasteiger partial charge is 0.268 e. The fraction of sp³-hybridized carbons (Fsp3) is 0.435. The average molecular weight is 407 g/mol. The molecule has 5 nitrogen and oxygen atoms in total. The molecule has 1 N–H and O–H groups in total. The molecule has 0 amide bonds. The van der Waals surface area contributed by atoms with Gasteiger partial charge in [-0.1, -0.05) is 32.9 Å². The topological polar surface area (TPSA) is 63.6 Å². The summed E-state index contributed by atoms with van der Waals surface area (Å²) in [6.07, 6.45) is 3.75. The van der Waals surface area contributed by atoms with Crippen LogP contribution in [0.2, 0.25) is 0 Å². The van der Waals surface area contributed by atoms with Crippen molar-refractivity contribution in [1.82, 2.24) is 19.5 Å². The van der Waals surface area contributed by atoms with E-state index in [-0.39, 0.29) is 5.56 Å². The predicted molar refractivity (Wildman–Crippen MR) is 119 cm³/mol. The number of aromatic amines is 1. The number of thiophene rings is 1. The van der Waals surface area contributed by atoms with Gasteiger partial charge in [-0.2, -0.15) is 0 Å². The van der Waals surface area contributed by atoms with Gasteiger partial charge in [-0.15, -0.1) is 11.3 Å². The fourth-order valence-electron chi connectivity index (χ4n) is 4.52. The lowest BCUT2D eigenvalue weighted by Gasteiger charge is -2.33. The van der Waals surface area contributed by atoms with E-state index in [2.05, 4.69) is 36.4 Å². The Balaban J connectivity index is 1.55. The zero-order chi connectivity index (χ0) is 20.3. The van der Waals surface area contributed by atoms with E-state index in [1.807, 2.05) is 25.2 Å². The van der Waals surface area contributed by atoms with E-state index in [0.717, 1.165) is 46.3 Å². The number of aryl methyl sites for hydroxylation is 2. The molecule has 1 atom stereocenters. The highest BCUT2D eigenvalue weighted by Crippen LogP contribution is 2.42. The first kappa shape index (κ1) is 18.6. The lowest BCUT2D eigenvalue weighted by molar-refractivity contribution is 0.218. The number of fused-ring (bicyclic) bond motifs is 4. The third-order valence-corrected chi connectivity index (χ3v) is 7.62. The predicted octanol–water partition coefficient (Wildman–Crippen LogP) is 4.61. The molecular formula is C23H26N4OS. The maximum atomic E-state index is 12.8. The van der Waals surface area contributed by atoms with Crippen molar-refractivity contribution in [2.75, 3.05) is 0 Å². The highest BCUT2D eigenvalue weighted by atomic mass is 32.1. The van der Waals surface area contributed by atoms with Crippen LogP contribution in [0.5, 0.6) is 0 Å². The number of hydrogen-bond acceptors (Lipinski definition) is 4. The Kier molecular flexibility index (Phi) is 4.17. The van der Waals surface area contributed by atoms with Crippen molar-refractivity contribution >= 4 is 32.6 Å². The Hall–Kier alpha value is -2.47. The van der Waals surface area contributed by atoms with Crippen molar-refractivity contribution in [2.45, 2.75) is 46.5 Å². The van der Waals surface area contributed by atoms with E-state index < -0.39 is 0 Å². The second-order valence-electron chi connectivity index (χ2n) is 9.25. The van der Waals surface area contributed by atoms with Crippen molar-refractivity contribution in [3.8, 4) is 0 Å². The van der Waals surface area contributed by atoms with Gasteiger partial charge < -0.3 is 9.55 Å². The summed E-state index contributed by atoms with van der Waals surface area (Å²) in [5.41, 5.74) is 4.54. The van der Waals surface area contributed by atoms with Gasteiger partial charge in [-0.25, -0.2) is 9.97 Å². The lowest BCUT2D eigenvalue weighted by Crippen LogP contribution is -2.26. The Morgan fingerprint density at radius 3 is 2.79 bits per heavy atom. The molecule has 1 aliphatic carbocycles. The van der Waals surface area contributed by atoms with Crippen LogP contribution in [0.3, 0.4) is 0 Å². The first-order valence-corrected chi connectivity index (χ1v) is 11.1. The van der Waals surface area contributed by atoms with Gasteiger partial charge in [-0.3, -0.25) is 4.79 Å². The number of H-pyrrole nitrogens is 1. The zero-order valence-corrected chi connectivity index (χ0v) is 18.2. The average Bonchev–Trinajstić information content (AvgIpc) is 3.20. The summed E-state index contributed by atoms with van der Waals surface area (Å²) < 4.78 is 2.86. The molecule has 4 aromatic rings. The Bertz CT molecular complexity index is 1290. The molecule has 1 aliphatic rings. The number of hydrogen-bond donors (Lipinski definition) is 1. The molecule has 29 heavy (non-hydrogen) atoms. The number of rotatable bonds is 2. The molecule has 1 aromatic carbocycles. The molecular weight excluding hydrogens is 380 g/mol. The first-order valence-electron chi connectivity index (χ1n) is 10.2. The van der Waals surface area contributed by atoms with Gasteiger partial charge in [0, 0.05) is 11.9 Å². The SMILES string of the molecule is Cn1c(Cc2nc3c4c(sc3c(=O)[nH]2)C[C@H](C(C)(C)C)CC4)nc2ccccc21. The summed E-state index contributed by atoms with van der Waals surface area (Å²) >= 11 is 1.64. The van der Waals surface area contributed by atoms with Crippen LogP contribution >= 0.6 is 11.3 Å². The Morgan fingerprint density at radius 2 is 2.03 bits per heavy atom. The minimum absolute atomic E-state index is 0.0181. The van der Waals surface area contributed by atoms with Crippen LogP contribution in [-0.4, -0.2) is 19.5 Å². The number of nitrogens with zero attached hydrogens (tertiary/aromatic N) is 3. The maximum Gasteiger partial charge on any atom is 0.268 e. The van der Waals surface area contributed by atoms with E-state index in [0.29, 0.717) is 23.6 Å². The summed E-state index contributed by atoms with van der Waals surface area (Å²) in [6, 6.07) is 8.08. The molecule has 0 saturated carbocycles. The summed E-state index contributed by atoms with van der Waals surface area (Å²) in [6.45, 7) is 6.95. The Labute approximate surface area is 173 Å².